The Labute approximate surface area is 61.1 Å². The fraction of sp³-hybridized carbons (Fsp3) is 0.167. The number of hydrogen-bond acceptors (Lipinski definition) is 1. The predicted molar refractivity (Wildman–Crippen MR) is 29.1 cm³/mol. The zero-order valence-electron chi connectivity index (χ0n) is 6.20. The van der Waals surface area contributed by atoms with Crippen molar-refractivity contribution in [2.45, 2.75) is 6.42 Å². The first-order valence-corrected chi connectivity index (χ1v) is 3.22. The third-order valence-corrected chi connectivity index (χ3v) is 1.57. The van der Waals surface area contributed by atoms with E-state index in [1.54, 1.807) is 0 Å². The van der Waals surface area contributed by atoms with Crippen molar-refractivity contribution in [3.63, 3.8) is 0 Å². The molecule has 1 aliphatic rings. The predicted octanol–water partition coefficient (Wildman–Crippen LogP) is 1.17. The van der Waals surface area contributed by atoms with Crippen molar-refractivity contribution >= 4 is 4.38 Å². The number of rotatable bonds is 1. The third-order valence-electron chi connectivity index (χ3n) is 1.02. The van der Waals surface area contributed by atoms with E-state index >= 15 is 0 Å². The molecule has 0 bridgehead atoms. The molecule has 8 heavy (non-hydrogen) atoms. The summed E-state index contributed by atoms with van der Waals surface area (Å²) in [5, 5.41) is 0. The van der Waals surface area contributed by atoms with Gasteiger partial charge in [-0.25, -0.2) is 0 Å². The molecular weight excluding hydrogens is 189 g/mol. The van der Waals surface area contributed by atoms with Gasteiger partial charge in [-0.3, -0.25) is 0 Å². The molecule has 0 radical (unpaired) electrons. The van der Waals surface area contributed by atoms with Gasteiger partial charge < -0.3 is 2.85 Å². The summed E-state index contributed by atoms with van der Waals surface area (Å²) in [7, 11) is 0. The first-order valence-electron chi connectivity index (χ1n) is 2.35. The van der Waals surface area contributed by atoms with Crippen LogP contribution in [0.3, 0.4) is 0 Å². The van der Waals surface area contributed by atoms with Crippen molar-refractivity contribution in [2.24, 2.45) is 0 Å². The molecule has 0 atom stereocenters. The van der Waals surface area contributed by atoms with Gasteiger partial charge in [0.1, 0.15) is 0 Å². The van der Waals surface area contributed by atoms with Crippen LogP contribution in [-0.2, 0) is 23.1 Å². The average molecular weight is 196 g/mol. The standard InChI is InChI=1S/C6H5O.Ru.2H/c7-5-6-3-1-2-4-6;;;/h1-3H,4H2;;;/q;;2*-1. The number of allylic oxidation sites excluding steroid dienone is 4. The summed E-state index contributed by atoms with van der Waals surface area (Å²) in [5.41, 5.74) is 0.890. The first kappa shape index (κ1) is 5.90. The zero-order chi connectivity index (χ0) is 5.98. The van der Waals surface area contributed by atoms with E-state index in [-0.39, 0.29) is 7.23 Å². The third kappa shape index (κ3) is 1.13. The largest absolute Gasteiger partial charge is 1.00 e. The second-order valence-electron chi connectivity index (χ2n) is 1.59. The molecule has 0 fully saturated rings. The van der Waals surface area contributed by atoms with E-state index in [9.17, 15) is 4.79 Å². The Hall–Kier alpha value is -0.227. The molecular formula is C6H7ORu-2. The maximum absolute atomic E-state index is 10.5. The molecule has 1 aliphatic carbocycles. The summed E-state index contributed by atoms with van der Waals surface area (Å²) in [6, 6.07) is 0. The van der Waals surface area contributed by atoms with Crippen LogP contribution in [0.5, 0.6) is 0 Å². The Morgan fingerprint density at radius 3 is 2.88 bits per heavy atom. The molecule has 0 spiro atoms. The van der Waals surface area contributed by atoms with Gasteiger partial charge in [-0.05, 0) is 0 Å². The summed E-state index contributed by atoms with van der Waals surface area (Å²) in [5.74, 6) is 0. The van der Waals surface area contributed by atoms with Crippen LogP contribution in [0.2, 0.25) is 0 Å². The number of carbonyl (C=O) groups is 1. The second-order valence-corrected chi connectivity index (χ2v) is 2.38. The van der Waals surface area contributed by atoms with Crippen LogP contribution in [0.4, 0.5) is 0 Å². The molecule has 2 heteroatoms. The van der Waals surface area contributed by atoms with Gasteiger partial charge in [0.2, 0.25) is 0 Å². The van der Waals surface area contributed by atoms with Gasteiger partial charge >= 0.3 is 57.7 Å². The van der Waals surface area contributed by atoms with Gasteiger partial charge in [-0.15, -0.1) is 0 Å². The molecule has 0 N–H and O–H groups in total. The molecule has 1 nitrogen and oxygen atoms in total. The van der Waals surface area contributed by atoms with Crippen LogP contribution in [0.25, 0.3) is 0 Å². The fourth-order valence-corrected chi connectivity index (χ4v) is 0.911. The molecule has 0 aromatic heterocycles. The van der Waals surface area contributed by atoms with Gasteiger partial charge in [0.15, 0.2) is 0 Å². The summed E-state index contributed by atoms with van der Waals surface area (Å²) in [4.78, 5) is 10.5. The minimum Gasteiger partial charge on any atom is -1.00 e. The molecule has 0 saturated carbocycles. The molecule has 0 amide bonds. The molecule has 47 valence electrons. The van der Waals surface area contributed by atoms with Crippen LogP contribution in [0, 0.1) is 0 Å². The van der Waals surface area contributed by atoms with E-state index in [1.165, 1.54) is 0 Å². The number of carbonyl (C=O) groups excluding carboxylic acids is 1. The van der Waals surface area contributed by atoms with Gasteiger partial charge in [0.05, 0.1) is 0 Å². The van der Waals surface area contributed by atoms with Crippen molar-refractivity contribution in [2.75, 3.05) is 0 Å². The van der Waals surface area contributed by atoms with E-state index in [0.717, 1.165) is 12.0 Å². The van der Waals surface area contributed by atoms with E-state index in [0.29, 0.717) is 0 Å². The second kappa shape index (κ2) is 2.36. The van der Waals surface area contributed by atoms with E-state index in [2.05, 4.69) is 18.3 Å². The Morgan fingerprint density at radius 1 is 1.88 bits per heavy atom. The quantitative estimate of drug-likeness (QED) is 0.575. The monoisotopic (exact) mass is 197 g/mol. The summed E-state index contributed by atoms with van der Waals surface area (Å²) in [6.07, 6.45) is 6.53. The summed E-state index contributed by atoms with van der Waals surface area (Å²) < 4.78 is 0.120. The normalized spacial score (nSPS) is 16.4. The Balaban J connectivity index is 0. The van der Waals surface area contributed by atoms with Crippen LogP contribution in [0.15, 0.2) is 23.8 Å². The van der Waals surface area contributed by atoms with Crippen LogP contribution in [0.1, 0.15) is 9.27 Å². The van der Waals surface area contributed by atoms with E-state index < -0.39 is 0 Å². The Morgan fingerprint density at radius 2 is 2.62 bits per heavy atom. The van der Waals surface area contributed by atoms with Crippen molar-refractivity contribution in [1.29, 1.82) is 0 Å². The van der Waals surface area contributed by atoms with E-state index in [4.69, 9.17) is 0 Å². The van der Waals surface area contributed by atoms with Crippen molar-refractivity contribution in [3.8, 4) is 0 Å². The van der Waals surface area contributed by atoms with Crippen molar-refractivity contribution in [1.82, 2.24) is 0 Å². The maximum Gasteiger partial charge on any atom is -1.00 e. The van der Waals surface area contributed by atoms with Gasteiger partial charge in [-0.1, -0.05) is 0 Å². The van der Waals surface area contributed by atoms with Crippen molar-refractivity contribution < 1.29 is 26.0 Å². The van der Waals surface area contributed by atoms with E-state index in [1.807, 2.05) is 18.2 Å². The maximum atomic E-state index is 10.5. The van der Waals surface area contributed by atoms with Crippen LogP contribution < -0.4 is 0 Å². The van der Waals surface area contributed by atoms with Gasteiger partial charge in [0.25, 0.3) is 0 Å². The minimum absolute atomic E-state index is 0. The summed E-state index contributed by atoms with van der Waals surface area (Å²) >= 11 is 2.07. The molecule has 1 rings (SSSR count). The molecule has 0 aromatic rings. The zero-order valence-corrected chi connectivity index (χ0v) is 5.94. The average Bonchev–Trinajstić information content (AvgIpc) is 2.12. The molecule has 0 saturated heterocycles. The first-order chi connectivity index (χ1) is 3.80. The number of hydrogen-bond donors (Lipinski definition) is 0. The minimum atomic E-state index is 0. The SMILES string of the molecule is O=[C]([Ru])C1=CC=CC1.[H-].[H-]. The molecule has 0 aliphatic heterocycles. The van der Waals surface area contributed by atoms with Crippen molar-refractivity contribution in [3.05, 3.63) is 23.8 Å². The summed E-state index contributed by atoms with van der Waals surface area (Å²) in [6.45, 7) is 0. The van der Waals surface area contributed by atoms with Gasteiger partial charge in [-0.2, -0.15) is 0 Å². The topological polar surface area (TPSA) is 17.1 Å². The van der Waals surface area contributed by atoms with Crippen LogP contribution in [-0.4, -0.2) is 4.38 Å². The molecule has 0 unspecified atom stereocenters. The van der Waals surface area contributed by atoms with Crippen LogP contribution >= 0.6 is 0 Å². The molecule has 0 heterocycles. The fourth-order valence-electron chi connectivity index (χ4n) is 0.588. The Bertz CT molecular complexity index is 175. The smallest absolute Gasteiger partial charge is 1.00 e. The van der Waals surface area contributed by atoms with Gasteiger partial charge in [0, 0.05) is 0 Å². The Kier molecular flexibility index (Phi) is 1.74. The molecule has 0 aromatic carbocycles.